The van der Waals surface area contributed by atoms with E-state index in [-0.39, 0.29) is 51.1 Å². The second-order valence-corrected chi connectivity index (χ2v) is 13.0. The molecule has 16 heteroatoms. The van der Waals surface area contributed by atoms with Crippen molar-refractivity contribution in [3.63, 3.8) is 0 Å². The zero-order valence-corrected chi connectivity index (χ0v) is 26.6. The second kappa shape index (κ2) is 16.1. The number of hydroxylamine groups is 2. The number of nitrogens with zero attached hydrogens (tertiary/aromatic N) is 6. The van der Waals surface area contributed by atoms with E-state index in [2.05, 4.69) is 20.1 Å². The van der Waals surface area contributed by atoms with E-state index in [4.69, 9.17) is 19.5 Å². The molecule has 15 nitrogen and oxygen atoms in total. The summed E-state index contributed by atoms with van der Waals surface area (Å²) in [7, 11) is -1.98. The summed E-state index contributed by atoms with van der Waals surface area (Å²) in [6, 6.07) is 9.71. The number of unbranched alkanes of at least 4 members (excludes halogenated alkanes) is 1. The lowest BCUT2D eigenvalue weighted by Crippen LogP contribution is -2.55. The zero-order chi connectivity index (χ0) is 32.4. The SMILES string of the molecule is CCCCOP(=O)(O)CC[C@H](NC(=O)c1cc(N2CCN(C)CC2)nc(-c2ccccc2)n1)C(=O)N1CCN(OC(=O)O)CC1. The quantitative estimate of drug-likeness (QED) is 0.213. The molecule has 0 spiro atoms. The van der Waals surface area contributed by atoms with Crippen LogP contribution in [0.15, 0.2) is 36.4 Å². The first-order valence-corrected chi connectivity index (χ1v) is 16.9. The van der Waals surface area contributed by atoms with E-state index in [1.54, 1.807) is 6.07 Å². The van der Waals surface area contributed by atoms with Crippen LogP contribution in [0.5, 0.6) is 0 Å². The third kappa shape index (κ3) is 10.2. The summed E-state index contributed by atoms with van der Waals surface area (Å²) in [6.07, 6.45) is -0.551. The van der Waals surface area contributed by atoms with Gasteiger partial charge in [-0.2, -0.15) is 0 Å². The van der Waals surface area contributed by atoms with Gasteiger partial charge >= 0.3 is 13.8 Å². The molecule has 3 N–H and O–H groups in total. The minimum absolute atomic E-state index is 0.0571. The Balaban J connectivity index is 1.56. The number of piperazine rings is 2. The minimum Gasteiger partial charge on any atom is -0.448 e. The first kappa shape index (κ1) is 34.3. The molecule has 0 aliphatic carbocycles. The van der Waals surface area contributed by atoms with Crippen molar-refractivity contribution in [1.82, 2.24) is 30.1 Å². The number of likely N-dealkylation sites (N-methyl/N-ethyl adjacent to an activating group) is 1. The Kier molecular flexibility index (Phi) is 12.3. The molecule has 45 heavy (non-hydrogen) atoms. The summed E-state index contributed by atoms with van der Waals surface area (Å²) in [6.45, 7) is 5.68. The Bertz CT molecular complexity index is 1350. The molecule has 2 aliphatic heterocycles. The van der Waals surface area contributed by atoms with Crippen LogP contribution in [-0.2, 0) is 18.7 Å². The molecule has 2 atom stereocenters. The molecular weight excluding hydrogens is 605 g/mol. The van der Waals surface area contributed by atoms with Crippen molar-refractivity contribution >= 4 is 31.4 Å². The summed E-state index contributed by atoms with van der Waals surface area (Å²) >= 11 is 0. The Labute approximate surface area is 262 Å². The Morgan fingerprint density at radius 2 is 1.71 bits per heavy atom. The number of hydrogen-bond acceptors (Lipinski definition) is 11. The number of nitrogens with one attached hydrogen (secondary N) is 1. The van der Waals surface area contributed by atoms with Gasteiger partial charge in [0.2, 0.25) is 5.91 Å². The van der Waals surface area contributed by atoms with Gasteiger partial charge in [0.05, 0.1) is 25.9 Å². The number of amides is 2. The summed E-state index contributed by atoms with van der Waals surface area (Å²) in [5.74, 6) is -0.151. The molecule has 0 saturated carbocycles. The molecule has 2 aliphatic rings. The number of anilines is 1. The van der Waals surface area contributed by atoms with Crippen molar-refractivity contribution in [2.45, 2.75) is 32.2 Å². The first-order valence-electron chi connectivity index (χ1n) is 15.1. The molecule has 246 valence electrons. The maximum absolute atomic E-state index is 13.8. The van der Waals surface area contributed by atoms with Crippen LogP contribution in [0.25, 0.3) is 11.4 Å². The van der Waals surface area contributed by atoms with E-state index in [1.165, 1.54) is 9.96 Å². The van der Waals surface area contributed by atoms with Gasteiger partial charge < -0.3 is 39.4 Å². The average molecular weight is 648 g/mol. The molecule has 2 aromatic rings. The van der Waals surface area contributed by atoms with Gasteiger partial charge in [0.25, 0.3) is 5.91 Å². The highest BCUT2D eigenvalue weighted by molar-refractivity contribution is 7.52. The predicted octanol–water partition coefficient (Wildman–Crippen LogP) is 2.14. The maximum atomic E-state index is 13.8. The maximum Gasteiger partial charge on any atom is 0.525 e. The first-order chi connectivity index (χ1) is 21.5. The van der Waals surface area contributed by atoms with Gasteiger partial charge in [0.15, 0.2) is 5.82 Å². The van der Waals surface area contributed by atoms with Gasteiger partial charge in [-0.15, -0.1) is 5.06 Å². The lowest BCUT2D eigenvalue weighted by atomic mass is 10.1. The van der Waals surface area contributed by atoms with Crippen LogP contribution in [0.3, 0.4) is 0 Å². The van der Waals surface area contributed by atoms with Crippen molar-refractivity contribution in [3.8, 4) is 11.4 Å². The molecular formula is C29H42N7O8P. The number of hydrogen-bond donors (Lipinski definition) is 3. The number of carbonyl (C=O) groups excluding carboxylic acids is 2. The van der Waals surface area contributed by atoms with Gasteiger partial charge in [-0.1, -0.05) is 43.7 Å². The van der Waals surface area contributed by atoms with Crippen LogP contribution in [0.2, 0.25) is 0 Å². The summed E-state index contributed by atoms with van der Waals surface area (Å²) in [5, 5.41) is 12.9. The molecule has 2 saturated heterocycles. The molecule has 1 aromatic heterocycles. The van der Waals surface area contributed by atoms with E-state index in [0.29, 0.717) is 31.2 Å². The van der Waals surface area contributed by atoms with Crippen molar-refractivity contribution in [1.29, 1.82) is 0 Å². The molecule has 0 bridgehead atoms. The third-order valence-electron chi connectivity index (χ3n) is 7.66. The molecule has 4 rings (SSSR count). The Morgan fingerprint density at radius 3 is 2.36 bits per heavy atom. The van der Waals surface area contributed by atoms with Crippen molar-refractivity contribution in [2.24, 2.45) is 0 Å². The molecule has 3 heterocycles. The normalized spacial score (nSPS) is 18.2. The van der Waals surface area contributed by atoms with Gasteiger partial charge in [-0.3, -0.25) is 14.2 Å². The van der Waals surface area contributed by atoms with Crippen molar-refractivity contribution in [2.75, 3.05) is 77.1 Å². The zero-order valence-electron chi connectivity index (χ0n) is 25.7. The van der Waals surface area contributed by atoms with Crippen molar-refractivity contribution < 1.29 is 38.3 Å². The molecule has 2 fully saturated rings. The number of carbonyl (C=O) groups is 3. The largest absolute Gasteiger partial charge is 0.525 e. The van der Waals surface area contributed by atoms with Gasteiger partial charge in [-0.05, 0) is 19.9 Å². The van der Waals surface area contributed by atoms with Crippen LogP contribution >= 0.6 is 7.60 Å². The number of carboxylic acid groups (broad SMARTS) is 1. The summed E-state index contributed by atoms with van der Waals surface area (Å²) in [4.78, 5) is 68.5. The second-order valence-electron chi connectivity index (χ2n) is 11.1. The Morgan fingerprint density at radius 1 is 1.02 bits per heavy atom. The summed E-state index contributed by atoms with van der Waals surface area (Å²) in [5.41, 5.74) is 0.781. The van der Waals surface area contributed by atoms with Gasteiger partial charge in [0.1, 0.15) is 17.6 Å². The van der Waals surface area contributed by atoms with E-state index >= 15 is 0 Å². The van der Waals surface area contributed by atoms with E-state index in [9.17, 15) is 23.8 Å². The molecule has 1 aromatic carbocycles. The van der Waals surface area contributed by atoms with Crippen LogP contribution < -0.4 is 10.2 Å². The highest BCUT2D eigenvalue weighted by atomic mass is 31.2. The molecule has 1 unspecified atom stereocenters. The monoisotopic (exact) mass is 647 g/mol. The van der Waals surface area contributed by atoms with Crippen LogP contribution in [0.4, 0.5) is 10.6 Å². The molecule has 0 radical (unpaired) electrons. The third-order valence-corrected chi connectivity index (χ3v) is 9.07. The lowest BCUT2D eigenvalue weighted by Gasteiger charge is -2.35. The van der Waals surface area contributed by atoms with Gasteiger partial charge in [-0.25, -0.2) is 14.8 Å². The fraction of sp³-hybridized carbons (Fsp3) is 0.552. The van der Waals surface area contributed by atoms with Crippen LogP contribution in [0, 0.1) is 0 Å². The topological polar surface area (TPSA) is 178 Å². The van der Waals surface area contributed by atoms with E-state index in [0.717, 1.165) is 25.1 Å². The summed E-state index contributed by atoms with van der Waals surface area (Å²) < 4.78 is 17.9. The van der Waals surface area contributed by atoms with E-state index < -0.39 is 31.6 Å². The lowest BCUT2D eigenvalue weighted by molar-refractivity contribution is -0.154. The van der Waals surface area contributed by atoms with E-state index in [1.807, 2.05) is 44.3 Å². The Hall–Kier alpha value is -3.62. The van der Waals surface area contributed by atoms with Gasteiger partial charge in [0, 0.05) is 50.9 Å². The minimum atomic E-state index is -4.03. The molecule has 2 amide bonds. The number of aromatic nitrogens is 2. The van der Waals surface area contributed by atoms with Crippen LogP contribution in [0.1, 0.15) is 36.7 Å². The highest BCUT2D eigenvalue weighted by Crippen LogP contribution is 2.43. The smallest absolute Gasteiger partial charge is 0.448 e. The standard InChI is InChI=1S/C29H42N7O8P/c1-3-4-19-43-45(41,42)20-10-23(28(38)35-15-17-36(18-16-35)44-29(39)40)31-27(37)24-21-25(34-13-11-33(2)12-14-34)32-26(30-24)22-8-6-5-7-9-22/h5-9,21,23H,3-4,10-20H2,1-2H3,(H,31,37)(H,39,40)(H,41,42)/t23-/m0/s1. The number of rotatable bonds is 13. The van der Waals surface area contributed by atoms with Crippen molar-refractivity contribution in [3.05, 3.63) is 42.1 Å². The fourth-order valence-corrected chi connectivity index (χ4v) is 6.12. The average Bonchev–Trinajstić information content (AvgIpc) is 3.03. The predicted molar refractivity (Wildman–Crippen MR) is 166 cm³/mol. The fourth-order valence-electron chi connectivity index (χ4n) is 4.99. The highest BCUT2D eigenvalue weighted by Gasteiger charge is 2.33. The number of benzene rings is 1. The van der Waals surface area contributed by atoms with Crippen LogP contribution in [-0.4, -0.2) is 131 Å².